The van der Waals surface area contributed by atoms with E-state index in [1.807, 2.05) is 6.92 Å². The minimum Gasteiger partial charge on any atom is -0.386 e. The highest BCUT2D eigenvalue weighted by atomic mass is 16.6. The minimum atomic E-state index is -0.690. The monoisotopic (exact) mass is 406 g/mol. The fourth-order valence-corrected chi connectivity index (χ4v) is 3.51. The zero-order valence-electron chi connectivity index (χ0n) is 19.5. The number of ether oxygens (including phenoxy) is 1. The second-order valence-corrected chi connectivity index (χ2v) is 8.37. The van der Waals surface area contributed by atoms with Crippen molar-refractivity contribution < 1.29 is 14.3 Å². The molecule has 0 aliphatic rings. The number of esters is 2. The molecule has 0 amide bonds. The van der Waals surface area contributed by atoms with Crippen LogP contribution in [-0.4, -0.2) is 11.9 Å². The molecule has 0 saturated carbocycles. The third-order valence-corrected chi connectivity index (χ3v) is 5.71. The van der Waals surface area contributed by atoms with E-state index in [-0.39, 0.29) is 0 Å². The molecular weight excluding hydrogens is 360 g/mol. The van der Waals surface area contributed by atoms with Crippen molar-refractivity contribution in [2.45, 2.75) is 130 Å². The van der Waals surface area contributed by atoms with E-state index < -0.39 is 11.9 Å². The maximum absolute atomic E-state index is 11.8. The summed E-state index contributed by atoms with van der Waals surface area (Å²) in [5.74, 6) is -1.24. The van der Waals surface area contributed by atoms with Crippen LogP contribution in [0.5, 0.6) is 0 Å². The van der Waals surface area contributed by atoms with Gasteiger partial charge in [-0.3, -0.25) is 0 Å². The zero-order chi connectivity index (χ0) is 21.7. The Balaban J connectivity index is 3.48. The van der Waals surface area contributed by atoms with Gasteiger partial charge >= 0.3 is 11.9 Å². The minimum absolute atomic E-state index is 0.543. The molecular formula is C26H46O3. The first-order valence-corrected chi connectivity index (χ1v) is 12.1. The van der Waals surface area contributed by atoms with Gasteiger partial charge in [-0.05, 0) is 26.7 Å². The van der Waals surface area contributed by atoms with Crippen molar-refractivity contribution in [2.24, 2.45) is 0 Å². The van der Waals surface area contributed by atoms with Crippen molar-refractivity contribution in [1.29, 1.82) is 0 Å². The molecule has 3 nitrogen and oxygen atoms in total. The fourth-order valence-electron chi connectivity index (χ4n) is 3.51. The number of hydrogen-bond donors (Lipinski definition) is 0. The molecule has 0 radical (unpaired) electrons. The Morgan fingerprint density at radius 3 is 1.45 bits per heavy atom. The van der Waals surface area contributed by atoms with E-state index >= 15 is 0 Å². The standard InChI is InChI=1S/C26H46O3/c1-5-7-8-9-10-11-12-13-14-15-16-17-18-19-20-21-22-23(3)24(4)26(28)29-25(27)6-2/h6H,2,5,7-22H2,1,3-4H3. The first kappa shape index (κ1) is 27.6. The molecule has 0 aliphatic heterocycles. The molecule has 0 spiro atoms. The summed E-state index contributed by atoms with van der Waals surface area (Å²) in [7, 11) is 0. The summed E-state index contributed by atoms with van der Waals surface area (Å²) < 4.78 is 4.66. The van der Waals surface area contributed by atoms with Crippen LogP contribution in [0.15, 0.2) is 23.8 Å². The lowest BCUT2D eigenvalue weighted by molar-refractivity contribution is -0.153. The highest BCUT2D eigenvalue weighted by Gasteiger charge is 2.12. The van der Waals surface area contributed by atoms with Gasteiger partial charge < -0.3 is 4.74 Å². The summed E-state index contributed by atoms with van der Waals surface area (Å²) in [5.41, 5.74) is 1.55. The quantitative estimate of drug-likeness (QED) is 0.0938. The van der Waals surface area contributed by atoms with E-state index in [0.29, 0.717) is 5.57 Å². The molecule has 0 rings (SSSR count). The van der Waals surface area contributed by atoms with Crippen LogP contribution in [0.4, 0.5) is 0 Å². The molecule has 0 fully saturated rings. The Morgan fingerprint density at radius 2 is 1.07 bits per heavy atom. The van der Waals surface area contributed by atoms with Gasteiger partial charge in [-0.2, -0.15) is 0 Å². The van der Waals surface area contributed by atoms with Gasteiger partial charge in [-0.15, -0.1) is 0 Å². The lowest BCUT2D eigenvalue weighted by atomic mass is 10.0. The van der Waals surface area contributed by atoms with Crippen molar-refractivity contribution in [3.8, 4) is 0 Å². The predicted molar refractivity (Wildman–Crippen MR) is 124 cm³/mol. The van der Waals surface area contributed by atoms with Crippen molar-refractivity contribution in [1.82, 2.24) is 0 Å². The molecule has 0 N–H and O–H groups in total. The Hall–Kier alpha value is -1.38. The van der Waals surface area contributed by atoms with Crippen molar-refractivity contribution in [2.75, 3.05) is 0 Å². The zero-order valence-corrected chi connectivity index (χ0v) is 19.5. The van der Waals surface area contributed by atoms with Crippen LogP contribution >= 0.6 is 0 Å². The first-order valence-electron chi connectivity index (χ1n) is 12.1. The van der Waals surface area contributed by atoms with Gasteiger partial charge in [0.2, 0.25) is 0 Å². The molecule has 0 aliphatic carbocycles. The van der Waals surface area contributed by atoms with E-state index in [4.69, 9.17) is 0 Å². The van der Waals surface area contributed by atoms with E-state index in [2.05, 4.69) is 18.2 Å². The maximum atomic E-state index is 11.8. The first-order chi connectivity index (χ1) is 14.0. The van der Waals surface area contributed by atoms with E-state index in [9.17, 15) is 9.59 Å². The Kier molecular flexibility index (Phi) is 19.0. The van der Waals surface area contributed by atoms with Crippen LogP contribution in [0, 0.1) is 0 Å². The molecule has 0 heterocycles. The molecule has 0 aromatic rings. The van der Waals surface area contributed by atoms with E-state index in [1.54, 1.807) is 6.92 Å². The topological polar surface area (TPSA) is 43.4 Å². The molecule has 0 aromatic carbocycles. The van der Waals surface area contributed by atoms with Gasteiger partial charge in [0.15, 0.2) is 0 Å². The summed E-state index contributed by atoms with van der Waals surface area (Å²) in [6.45, 7) is 9.24. The third kappa shape index (κ3) is 17.2. The Morgan fingerprint density at radius 1 is 0.690 bits per heavy atom. The van der Waals surface area contributed by atoms with Crippen LogP contribution in [-0.2, 0) is 14.3 Å². The summed E-state index contributed by atoms with van der Waals surface area (Å²) in [6.07, 6.45) is 23.6. The number of rotatable bonds is 19. The smallest absolute Gasteiger partial charge is 0.341 e. The number of hydrogen-bond acceptors (Lipinski definition) is 3. The van der Waals surface area contributed by atoms with Crippen LogP contribution < -0.4 is 0 Å². The Bertz CT molecular complexity index is 476. The molecule has 0 bridgehead atoms. The van der Waals surface area contributed by atoms with Crippen molar-refractivity contribution >= 4 is 11.9 Å². The maximum Gasteiger partial charge on any atom is 0.341 e. The highest BCUT2D eigenvalue weighted by Crippen LogP contribution is 2.17. The van der Waals surface area contributed by atoms with Gasteiger partial charge in [0.05, 0.1) is 0 Å². The molecule has 0 aromatic heterocycles. The number of unbranched alkanes of at least 4 members (excludes halogenated alkanes) is 15. The molecule has 29 heavy (non-hydrogen) atoms. The second kappa shape index (κ2) is 19.9. The molecule has 168 valence electrons. The van der Waals surface area contributed by atoms with Crippen LogP contribution in [0.3, 0.4) is 0 Å². The van der Waals surface area contributed by atoms with Gasteiger partial charge in [0.25, 0.3) is 0 Å². The molecule has 0 saturated heterocycles. The Labute approximate surface area is 180 Å². The lowest BCUT2D eigenvalue weighted by Gasteiger charge is -2.07. The molecule has 3 heteroatoms. The van der Waals surface area contributed by atoms with E-state index in [1.165, 1.54) is 96.3 Å². The third-order valence-electron chi connectivity index (χ3n) is 5.71. The number of carbonyl (C=O) groups is 2. The second-order valence-electron chi connectivity index (χ2n) is 8.37. The van der Waals surface area contributed by atoms with Gasteiger partial charge in [-0.1, -0.05) is 115 Å². The van der Waals surface area contributed by atoms with Crippen LogP contribution in [0.1, 0.15) is 130 Å². The van der Waals surface area contributed by atoms with Crippen molar-refractivity contribution in [3.05, 3.63) is 23.8 Å². The van der Waals surface area contributed by atoms with Gasteiger partial charge in [-0.25, -0.2) is 9.59 Å². The van der Waals surface area contributed by atoms with E-state index in [0.717, 1.165) is 24.5 Å². The summed E-state index contributed by atoms with van der Waals surface area (Å²) in [5, 5.41) is 0. The summed E-state index contributed by atoms with van der Waals surface area (Å²) in [6, 6.07) is 0. The van der Waals surface area contributed by atoms with Crippen molar-refractivity contribution in [3.63, 3.8) is 0 Å². The molecule has 0 atom stereocenters. The largest absolute Gasteiger partial charge is 0.386 e. The average Bonchev–Trinajstić information content (AvgIpc) is 2.72. The lowest BCUT2D eigenvalue weighted by Crippen LogP contribution is -2.12. The number of carbonyl (C=O) groups excluding carboxylic acids is 2. The van der Waals surface area contributed by atoms with Crippen LogP contribution in [0.25, 0.3) is 0 Å². The van der Waals surface area contributed by atoms with Crippen LogP contribution in [0.2, 0.25) is 0 Å². The summed E-state index contributed by atoms with van der Waals surface area (Å²) >= 11 is 0. The molecule has 0 unspecified atom stereocenters. The van der Waals surface area contributed by atoms with Gasteiger partial charge in [0, 0.05) is 11.6 Å². The highest BCUT2D eigenvalue weighted by molar-refractivity contribution is 5.99. The fraction of sp³-hybridized carbons (Fsp3) is 0.769. The summed E-state index contributed by atoms with van der Waals surface area (Å²) in [4.78, 5) is 22.9. The van der Waals surface area contributed by atoms with Gasteiger partial charge in [0.1, 0.15) is 0 Å². The average molecular weight is 407 g/mol. The SMILES string of the molecule is C=CC(=O)OC(=O)C(C)=C(C)CCCCCCCCCCCCCCCCCC. The predicted octanol–water partition coefficient (Wildman–Crippen LogP) is 8.23. The normalized spacial score (nSPS) is 11.8. The number of allylic oxidation sites excluding steroid dienone is 1.